The zero-order valence-electron chi connectivity index (χ0n) is 6.79. The summed E-state index contributed by atoms with van der Waals surface area (Å²) >= 11 is 5.69. The molecule has 3 N–H and O–H groups in total. The molecule has 66 valence electrons. The van der Waals surface area contributed by atoms with Crippen molar-refractivity contribution in [2.45, 2.75) is 19.4 Å². The first kappa shape index (κ1) is 9.29. The molecule has 1 atom stereocenters. The molecule has 0 amide bonds. The molecule has 0 saturated carbocycles. The van der Waals surface area contributed by atoms with E-state index in [1.807, 2.05) is 6.92 Å². The second kappa shape index (κ2) is 3.74. The molecule has 1 aromatic rings. The number of aliphatic hydroxyl groups excluding tert-OH is 1. The molecular weight excluding hydrogens is 176 g/mol. The van der Waals surface area contributed by atoms with E-state index in [2.05, 4.69) is 4.98 Å². The van der Waals surface area contributed by atoms with Crippen molar-refractivity contribution in [3.05, 3.63) is 22.8 Å². The molecule has 4 heteroatoms. The highest BCUT2D eigenvalue weighted by molar-refractivity contribution is 6.30. The van der Waals surface area contributed by atoms with Crippen LogP contribution in [-0.4, -0.2) is 10.1 Å². The number of nitrogen functional groups attached to an aromatic ring is 1. The van der Waals surface area contributed by atoms with Gasteiger partial charge in [0.05, 0.1) is 11.1 Å². The Hall–Kier alpha value is -0.800. The third-order valence-electron chi connectivity index (χ3n) is 1.66. The molecule has 0 aromatic carbocycles. The van der Waals surface area contributed by atoms with E-state index < -0.39 is 6.10 Å². The van der Waals surface area contributed by atoms with E-state index in [9.17, 15) is 5.11 Å². The van der Waals surface area contributed by atoms with Gasteiger partial charge in [-0.15, -0.1) is 0 Å². The fraction of sp³-hybridized carbons (Fsp3) is 0.375. The van der Waals surface area contributed by atoms with Gasteiger partial charge in [-0.1, -0.05) is 18.5 Å². The van der Waals surface area contributed by atoms with Crippen LogP contribution < -0.4 is 5.73 Å². The summed E-state index contributed by atoms with van der Waals surface area (Å²) in [5, 5.41) is 9.95. The van der Waals surface area contributed by atoms with Crippen molar-refractivity contribution < 1.29 is 5.11 Å². The van der Waals surface area contributed by atoms with Gasteiger partial charge in [0.2, 0.25) is 0 Å². The zero-order valence-corrected chi connectivity index (χ0v) is 7.54. The Morgan fingerprint density at radius 1 is 1.75 bits per heavy atom. The number of pyridine rings is 1. The molecule has 1 rings (SSSR count). The van der Waals surface area contributed by atoms with Gasteiger partial charge in [-0.05, 0) is 12.5 Å². The monoisotopic (exact) mass is 186 g/mol. The van der Waals surface area contributed by atoms with Crippen LogP contribution in [0.3, 0.4) is 0 Å². The van der Waals surface area contributed by atoms with Crippen LogP contribution in [0.4, 0.5) is 5.82 Å². The maximum atomic E-state index is 9.46. The molecule has 0 aliphatic carbocycles. The number of aliphatic hydroxyl groups is 1. The van der Waals surface area contributed by atoms with Crippen LogP contribution >= 0.6 is 11.6 Å². The van der Waals surface area contributed by atoms with Gasteiger partial charge in [-0.25, -0.2) is 4.98 Å². The predicted molar refractivity (Wildman–Crippen MR) is 48.9 cm³/mol. The number of halogens is 1. The van der Waals surface area contributed by atoms with Crippen molar-refractivity contribution in [3.8, 4) is 0 Å². The van der Waals surface area contributed by atoms with Gasteiger partial charge >= 0.3 is 0 Å². The Balaban J connectivity index is 3.04. The molecule has 1 unspecified atom stereocenters. The van der Waals surface area contributed by atoms with Gasteiger partial charge in [0.1, 0.15) is 5.82 Å². The van der Waals surface area contributed by atoms with Gasteiger partial charge in [-0.3, -0.25) is 0 Å². The molecule has 0 fully saturated rings. The molecule has 0 aliphatic rings. The predicted octanol–water partition coefficient (Wildman–Crippen LogP) is 1.76. The first-order chi connectivity index (χ1) is 5.65. The lowest BCUT2D eigenvalue weighted by Crippen LogP contribution is -2.02. The molecule has 0 saturated heterocycles. The molecule has 1 aromatic heterocycles. The normalized spacial score (nSPS) is 12.9. The van der Waals surface area contributed by atoms with Crippen molar-refractivity contribution in [1.29, 1.82) is 0 Å². The molecule has 3 nitrogen and oxygen atoms in total. The topological polar surface area (TPSA) is 59.1 Å². The number of rotatable bonds is 2. The van der Waals surface area contributed by atoms with Crippen molar-refractivity contribution in [2.24, 2.45) is 0 Å². The van der Waals surface area contributed by atoms with Crippen LogP contribution in [0.5, 0.6) is 0 Å². The highest BCUT2D eigenvalue weighted by atomic mass is 35.5. The van der Waals surface area contributed by atoms with E-state index in [0.717, 1.165) is 0 Å². The molecule has 0 radical (unpaired) electrons. The third kappa shape index (κ3) is 1.87. The Morgan fingerprint density at radius 3 is 3.00 bits per heavy atom. The summed E-state index contributed by atoms with van der Waals surface area (Å²) in [6, 6.07) is 1.64. The average molecular weight is 187 g/mol. The van der Waals surface area contributed by atoms with Crippen LogP contribution in [0.15, 0.2) is 12.3 Å². The van der Waals surface area contributed by atoms with Crippen molar-refractivity contribution in [3.63, 3.8) is 0 Å². The molecule has 1 heterocycles. The lowest BCUT2D eigenvalue weighted by atomic mass is 10.1. The standard InChI is InChI=1S/C8H11ClN2O/c1-2-7(12)6-3-5(9)4-11-8(6)10/h3-4,7,12H,2H2,1H3,(H2,10,11). The number of aromatic nitrogens is 1. The largest absolute Gasteiger partial charge is 0.388 e. The number of hydrogen-bond donors (Lipinski definition) is 2. The Morgan fingerprint density at radius 2 is 2.42 bits per heavy atom. The lowest BCUT2D eigenvalue weighted by Gasteiger charge is -2.09. The van der Waals surface area contributed by atoms with Gasteiger partial charge in [0.25, 0.3) is 0 Å². The lowest BCUT2D eigenvalue weighted by molar-refractivity contribution is 0.174. The van der Waals surface area contributed by atoms with Gasteiger partial charge < -0.3 is 10.8 Å². The smallest absolute Gasteiger partial charge is 0.129 e. The fourth-order valence-electron chi connectivity index (χ4n) is 0.952. The minimum absolute atomic E-state index is 0.341. The highest BCUT2D eigenvalue weighted by Gasteiger charge is 2.09. The van der Waals surface area contributed by atoms with E-state index >= 15 is 0 Å². The minimum Gasteiger partial charge on any atom is -0.388 e. The van der Waals surface area contributed by atoms with Crippen LogP contribution in [0.2, 0.25) is 5.02 Å². The van der Waals surface area contributed by atoms with E-state index in [0.29, 0.717) is 22.8 Å². The van der Waals surface area contributed by atoms with Crippen LogP contribution in [-0.2, 0) is 0 Å². The SMILES string of the molecule is CCC(O)c1cc(Cl)cnc1N. The Labute approximate surface area is 76.2 Å². The molecule has 0 spiro atoms. The van der Waals surface area contributed by atoms with E-state index in [1.165, 1.54) is 6.20 Å². The average Bonchev–Trinajstić information content (AvgIpc) is 2.08. The fourth-order valence-corrected chi connectivity index (χ4v) is 1.12. The number of nitrogens with zero attached hydrogens (tertiary/aromatic N) is 1. The summed E-state index contributed by atoms with van der Waals surface area (Å²) in [4.78, 5) is 3.83. The Kier molecular flexibility index (Phi) is 2.89. The molecular formula is C8H11ClN2O. The quantitative estimate of drug-likeness (QED) is 0.740. The molecule has 0 bridgehead atoms. The van der Waals surface area contributed by atoms with Crippen molar-refractivity contribution >= 4 is 17.4 Å². The first-order valence-electron chi connectivity index (χ1n) is 3.74. The van der Waals surface area contributed by atoms with Crippen molar-refractivity contribution in [2.75, 3.05) is 5.73 Å². The van der Waals surface area contributed by atoms with Crippen LogP contribution in [0, 0.1) is 0 Å². The van der Waals surface area contributed by atoms with Crippen LogP contribution in [0.25, 0.3) is 0 Å². The number of hydrogen-bond acceptors (Lipinski definition) is 3. The first-order valence-corrected chi connectivity index (χ1v) is 4.12. The second-order valence-corrected chi connectivity index (χ2v) is 2.99. The minimum atomic E-state index is -0.573. The summed E-state index contributed by atoms with van der Waals surface area (Å²) in [6.07, 6.45) is 1.49. The highest BCUT2D eigenvalue weighted by Crippen LogP contribution is 2.23. The third-order valence-corrected chi connectivity index (χ3v) is 1.87. The van der Waals surface area contributed by atoms with E-state index in [-0.39, 0.29) is 0 Å². The summed E-state index contributed by atoms with van der Waals surface area (Å²) in [6.45, 7) is 1.87. The van der Waals surface area contributed by atoms with Gasteiger partial charge in [0, 0.05) is 11.8 Å². The number of anilines is 1. The van der Waals surface area contributed by atoms with Gasteiger partial charge in [0.15, 0.2) is 0 Å². The zero-order chi connectivity index (χ0) is 9.14. The summed E-state index contributed by atoms with van der Waals surface area (Å²) in [5.41, 5.74) is 6.14. The van der Waals surface area contributed by atoms with E-state index in [1.54, 1.807) is 6.07 Å². The van der Waals surface area contributed by atoms with E-state index in [4.69, 9.17) is 17.3 Å². The number of nitrogens with two attached hydrogens (primary N) is 1. The molecule has 0 aliphatic heterocycles. The summed E-state index contributed by atoms with van der Waals surface area (Å²) in [7, 11) is 0. The van der Waals surface area contributed by atoms with Crippen molar-refractivity contribution in [1.82, 2.24) is 4.98 Å². The second-order valence-electron chi connectivity index (χ2n) is 2.55. The van der Waals surface area contributed by atoms with Gasteiger partial charge in [-0.2, -0.15) is 0 Å². The molecule has 12 heavy (non-hydrogen) atoms. The maximum absolute atomic E-state index is 9.46. The summed E-state index contributed by atoms with van der Waals surface area (Å²) in [5.74, 6) is 0.341. The Bertz CT molecular complexity index is 278. The maximum Gasteiger partial charge on any atom is 0.129 e. The summed E-state index contributed by atoms with van der Waals surface area (Å²) < 4.78 is 0. The van der Waals surface area contributed by atoms with Crippen LogP contribution in [0.1, 0.15) is 25.0 Å².